The van der Waals surface area contributed by atoms with Gasteiger partial charge in [-0.05, 0) is 48.8 Å². The maximum atomic E-state index is 3.71. The van der Waals surface area contributed by atoms with Crippen LogP contribution >= 0.6 is 0 Å². The minimum Gasteiger partial charge on any atom is -0.313 e. The molecule has 0 aliphatic carbocycles. The molecule has 0 aliphatic rings. The number of nitrogens with one attached hydrogen (secondary N) is 1. The summed E-state index contributed by atoms with van der Waals surface area (Å²) in [7, 11) is 0. The zero-order valence-electron chi connectivity index (χ0n) is 14.1. The van der Waals surface area contributed by atoms with Crippen LogP contribution in [-0.4, -0.2) is 12.6 Å². The van der Waals surface area contributed by atoms with Crippen LogP contribution in [0.4, 0.5) is 0 Å². The third kappa shape index (κ3) is 6.09. The normalized spacial score (nSPS) is 13.4. The molecule has 0 spiro atoms. The van der Waals surface area contributed by atoms with Gasteiger partial charge in [0.15, 0.2) is 0 Å². The first-order valence-corrected chi connectivity index (χ1v) is 8.28. The third-order valence-corrected chi connectivity index (χ3v) is 3.97. The minimum absolute atomic E-state index is 0.331. The van der Waals surface area contributed by atoms with E-state index in [-0.39, 0.29) is 0 Å². The predicted molar refractivity (Wildman–Crippen MR) is 90.3 cm³/mol. The summed E-state index contributed by atoms with van der Waals surface area (Å²) < 4.78 is 0. The Balaban J connectivity index is 2.53. The van der Waals surface area contributed by atoms with Gasteiger partial charge in [0.1, 0.15) is 0 Å². The summed E-state index contributed by atoms with van der Waals surface area (Å²) in [6, 6.07) is 9.81. The highest BCUT2D eigenvalue weighted by Gasteiger charge is 2.23. The fourth-order valence-corrected chi connectivity index (χ4v) is 2.63. The summed E-state index contributed by atoms with van der Waals surface area (Å²) in [5.41, 5.74) is 3.27. The molecular weight excluding hydrogens is 242 g/mol. The topological polar surface area (TPSA) is 12.0 Å². The van der Waals surface area contributed by atoms with Crippen molar-refractivity contribution in [1.29, 1.82) is 0 Å². The van der Waals surface area contributed by atoms with Crippen molar-refractivity contribution in [1.82, 2.24) is 5.32 Å². The van der Waals surface area contributed by atoms with Gasteiger partial charge in [-0.1, -0.05) is 65.3 Å². The average Bonchev–Trinajstić information content (AvgIpc) is 2.39. The van der Waals surface area contributed by atoms with Gasteiger partial charge in [0.05, 0.1) is 0 Å². The molecule has 0 bridgehead atoms. The number of hydrogen-bond acceptors (Lipinski definition) is 1. The lowest BCUT2D eigenvalue weighted by atomic mass is 9.83. The van der Waals surface area contributed by atoms with Gasteiger partial charge in [-0.25, -0.2) is 0 Å². The second-order valence-corrected chi connectivity index (χ2v) is 6.98. The highest BCUT2D eigenvalue weighted by Crippen LogP contribution is 2.23. The average molecular weight is 275 g/mol. The lowest BCUT2D eigenvalue weighted by Gasteiger charge is -2.32. The van der Waals surface area contributed by atoms with Crippen LogP contribution in [0.15, 0.2) is 24.3 Å². The van der Waals surface area contributed by atoms with Crippen LogP contribution < -0.4 is 5.32 Å². The van der Waals surface area contributed by atoms with E-state index in [0.29, 0.717) is 11.5 Å². The lowest BCUT2D eigenvalue weighted by molar-refractivity contribution is 0.255. The Bertz CT molecular complexity index is 358. The summed E-state index contributed by atoms with van der Waals surface area (Å²) >= 11 is 0. The monoisotopic (exact) mass is 275 g/mol. The van der Waals surface area contributed by atoms with Gasteiger partial charge >= 0.3 is 0 Å². The Morgan fingerprint density at radius 1 is 0.900 bits per heavy atom. The zero-order valence-corrected chi connectivity index (χ0v) is 14.1. The van der Waals surface area contributed by atoms with E-state index in [2.05, 4.69) is 64.2 Å². The van der Waals surface area contributed by atoms with Gasteiger partial charge in [-0.15, -0.1) is 0 Å². The highest BCUT2D eigenvalue weighted by molar-refractivity contribution is 5.22. The minimum atomic E-state index is 0.331. The third-order valence-electron chi connectivity index (χ3n) is 3.97. The molecule has 0 heterocycles. The molecule has 0 radical (unpaired) electrons. The molecule has 1 heteroatoms. The van der Waals surface area contributed by atoms with Crippen LogP contribution in [0.1, 0.15) is 65.0 Å². The summed E-state index contributed by atoms with van der Waals surface area (Å²) in [6.45, 7) is 12.6. The van der Waals surface area contributed by atoms with Crippen LogP contribution in [-0.2, 0) is 12.8 Å². The van der Waals surface area contributed by atoms with Gasteiger partial charge in [0.25, 0.3) is 0 Å². The summed E-state index contributed by atoms with van der Waals surface area (Å²) in [5.74, 6) is 0. The van der Waals surface area contributed by atoms with Gasteiger partial charge in [-0.2, -0.15) is 0 Å². The molecule has 1 unspecified atom stereocenters. The van der Waals surface area contributed by atoms with E-state index in [1.165, 1.54) is 43.2 Å². The number of rotatable bonds is 8. The van der Waals surface area contributed by atoms with E-state index < -0.39 is 0 Å². The van der Waals surface area contributed by atoms with Crippen LogP contribution in [0.2, 0.25) is 0 Å². The summed E-state index contributed by atoms with van der Waals surface area (Å²) in [4.78, 5) is 0. The molecule has 0 fully saturated rings. The fourth-order valence-electron chi connectivity index (χ4n) is 2.63. The Labute approximate surface area is 126 Å². The molecule has 20 heavy (non-hydrogen) atoms. The van der Waals surface area contributed by atoms with E-state index in [0.717, 1.165) is 6.54 Å². The number of benzene rings is 1. The maximum absolute atomic E-state index is 3.71. The van der Waals surface area contributed by atoms with Crippen LogP contribution in [0.3, 0.4) is 0 Å². The SMILES string of the molecule is CCCNC(CCc1ccc(CCC)cc1)C(C)(C)C. The number of aryl methyl sites for hydroxylation is 2. The van der Waals surface area contributed by atoms with E-state index in [1.54, 1.807) is 0 Å². The van der Waals surface area contributed by atoms with Crippen molar-refractivity contribution in [3.8, 4) is 0 Å². The Morgan fingerprint density at radius 3 is 1.90 bits per heavy atom. The van der Waals surface area contributed by atoms with Crippen LogP contribution in [0, 0.1) is 5.41 Å². The molecule has 1 N–H and O–H groups in total. The second kappa shape index (κ2) is 8.46. The first-order valence-electron chi connectivity index (χ1n) is 8.28. The van der Waals surface area contributed by atoms with Crippen LogP contribution in [0.5, 0.6) is 0 Å². The van der Waals surface area contributed by atoms with E-state index in [1.807, 2.05) is 0 Å². The predicted octanol–water partition coefficient (Wildman–Crippen LogP) is 4.99. The molecule has 1 rings (SSSR count). The standard InChI is InChI=1S/C19H33N/c1-6-8-16-9-11-17(12-10-16)13-14-18(19(3,4)5)20-15-7-2/h9-12,18,20H,6-8,13-15H2,1-5H3. The van der Waals surface area contributed by atoms with Crippen molar-refractivity contribution in [2.24, 2.45) is 5.41 Å². The quantitative estimate of drug-likeness (QED) is 0.705. The molecule has 1 aromatic rings. The number of hydrogen-bond donors (Lipinski definition) is 1. The van der Waals surface area contributed by atoms with Crippen molar-refractivity contribution in [2.45, 2.75) is 72.8 Å². The van der Waals surface area contributed by atoms with Crippen molar-refractivity contribution in [2.75, 3.05) is 6.54 Å². The van der Waals surface area contributed by atoms with Gasteiger partial charge in [-0.3, -0.25) is 0 Å². The van der Waals surface area contributed by atoms with Crippen molar-refractivity contribution >= 4 is 0 Å². The highest BCUT2D eigenvalue weighted by atomic mass is 14.9. The van der Waals surface area contributed by atoms with Crippen LogP contribution in [0.25, 0.3) is 0 Å². The Kier molecular flexibility index (Phi) is 7.29. The molecule has 0 saturated heterocycles. The molecule has 1 aromatic carbocycles. The first-order chi connectivity index (χ1) is 9.47. The van der Waals surface area contributed by atoms with Crippen molar-refractivity contribution in [3.63, 3.8) is 0 Å². The molecule has 1 atom stereocenters. The van der Waals surface area contributed by atoms with Gasteiger partial charge in [0.2, 0.25) is 0 Å². The Morgan fingerprint density at radius 2 is 1.45 bits per heavy atom. The van der Waals surface area contributed by atoms with E-state index in [4.69, 9.17) is 0 Å². The van der Waals surface area contributed by atoms with E-state index in [9.17, 15) is 0 Å². The van der Waals surface area contributed by atoms with E-state index >= 15 is 0 Å². The zero-order chi connectivity index (χ0) is 15.0. The second-order valence-electron chi connectivity index (χ2n) is 6.98. The molecule has 0 saturated carbocycles. The molecule has 0 aromatic heterocycles. The Hall–Kier alpha value is -0.820. The first kappa shape index (κ1) is 17.2. The van der Waals surface area contributed by atoms with Gasteiger partial charge in [0, 0.05) is 6.04 Å². The smallest absolute Gasteiger partial charge is 0.0119 e. The maximum Gasteiger partial charge on any atom is 0.0119 e. The molecule has 0 aliphatic heterocycles. The van der Waals surface area contributed by atoms with Crippen molar-refractivity contribution < 1.29 is 0 Å². The molecule has 1 nitrogen and oxygen atoms in total. The largest absolute Gasteiger partial charge is 0.313 e. The summed E-state index contributed by atoms with van der Waals surface area (Å²) in [6.07, 6.45) is 6.02. The summed E-state index contributed by atoms with van der Waals surface area (Å²) in [5, 5.41) is 3.71. The van der Waals surface area contributed by atoms with Crippen molar-refractivity contribution in [3.05, 3.63) is 35.4 Å². The molecule has 0 amide bonds. The lowest BCUT2D eigenvalue weighted by Crippen LogP contribution is -2.41. The fraction of sp³-hybridized carbons (Fsp3) is 0.684. The molecule has 114 valence electrons. The molecular formula is C19H33N. The van der Waals surface area contributed by atoms with Gasteiger partial charge < -0.3 is 5.32 Å².